The van der Waals surface area contributed by atoms with Crippen LogP contribution in [-0.2, 0) is 4.79 Å². The largest absolute Gasteiger partial charge is 0.480 e. The summed E-state index contributed by atoms with van der Waals surface area (Å²) in [5.74, 6) is -0.457. The summed E-state index contributed by atoms with van der Waals surface area (Å²) in [5, 5.41) is 11.2. The summed E-state index contributed by atoms with van der Waals surface area (Å²) in [7, 11) is 0. The highest BCUT2D eigenvalue weighted by Crippen LogP contribution is 2.00. The van der Waals surface area contributed by atoms with E-state index in [4.69, 9.17) is 5.11 Å². The lowest BCUT2D eigenvalue weighted by Crippen LogP contribution is -2.25. The number of hydrogen-bond donors (Lipinski definition) is 2. The summed E-state index contributed by atoms with van der Waals surface area (Å²) in [5.41, 5.74) is 0. The number of anilines is 1. The zero-order chi connectivity index (χ0) is 8.97. The fourth-order valence-corrected chi connectivity index (χ4v) is 0.671. The first-order valence-corrected chi connectivity index (χ1v) is 3.52. The molecule has 1 radical (unpaired) electrons. The Balaban J connectivity index is 2.58. The predicted molar refractivity (Wildman–Crippen MR) is 43.8 cm³/mol. The number of carboxylic acid groups (broad SMARTS) is 1. The first kappa shape index (κ1) is 8.52. The van der Waals surface area contributed by atoms with Crippen molar-refractivity contribution >= 4 is 11.8 Å². The molecule has 1 aromatic rings. The first-order chi connectivity index (χ1) is 5.70. The first-order valence-electron chi connectivity index (χ1n) is 3.52. The van der Waals surface area contributed by atoms with Crippen LogP contribution in [-0.4, -0.2) is 22.1 Å². The second kappa shape index (κ2) is 3.71. The molecule has 12 heavy (non-hydrogen) atoms. The molecule has 0 aliphatic rings. The van der Waals surface area contributed by atoms with E-state index >= 15 is 0 Å². The van der Waals surface area contributed by atoms with Gasteiger partial charge in [0.15, 0.2) is 0 Å². The van der Waals surface area contributed by atoms with Gasteiger partial charge in [-0.25, -0.2) is 4.98 Å². The molecule has 1 atom stereocenters. The molecule has 0 aromatic carbocycles. The van der Waals surface area contributed by atoms with Crippen molar-refractivity contribution in [3.63, 3.8) is 0 Å². The SMILES string of the molecule is CC(Nc1[c]cccn1)C(=O)O. The van der Waals surface area contributed by atoms with E-state index in [1.165, 1.54) is 0 Å². The van der Waals surface area contributed by atoms with Crippen molar-refractivity contribution in [3.8, 4) is 0 Å². The van der Waals surface area contributed by atoms with E-state index in [2.05, 4.69) is 16.4 Å². The molecule has 0 aliphatic heterocycles. The Morgan fingerprint density at radius 3 is 3.08 bits per heavy atom. The van der Waals surface area contributed by atoms with Crippen LogP contribution in [0.5, 0.6) is 0 Å². The number of pyridine rings is 1. The molecular weight excluding hydrogens is 156 g/mol. The molecule has 0 saturated carbocycles. The highest BCUT2D eigenvalue weighted by atomic mass is 16.4. The van der Waals surface area contributed by atoms with Gasteiger partial charge in [0.25, 0.3) is 0 Å². The van der Waals surface area contributed by atoms with Gasteiger partial charge in [0.1, 0.15) is 11.9 Å². The summed E-state index contributed by atoms with van der Waals surface area (Å²) in [6.07, 6.45) is 1.58. The Labute approximate surface area is 70.3 Å². The maximum atomic E-state index is 10.4. The molecule has 0 bridgehead atoms. The summed E-state index contributed by atoms with van der Waals surface area (Å²) >= 11 is 0. The molecule has 63 valence electrons. The standard InChI is InChI=1S/C8H9N2O2/c1-6(8(11)12)10-7-4-2-3-5-9-7/h2-3,5-6H,1H3,(H,9,10)(H,11,12). The van der Waals surface area contributed by atoms with Gasteiger partial charge in [-0.2, -0.15) is 0 Å². The molecule has 0 spiro atoms. The third-order valence-electron chi connectivity index (χ3n) is 1.33. The van der Waals surface area contributed by atoms with Crippen LogP contribution in [0.1, 0.15) is 6.92 Å². The van der Waals surface area contributed by atoms with Crippen molar-refractivity contribution in [1.29, 1.82) is 0 Å². The van der Waals surface area contributed by atoms with Crippen LogP contribution in [0.25, 0.3) is 0 Å². The van der Waals surface area contributed by atoms with E-state index in [9.17, 15) is 4.79 Å². The number of aromatic nitrogens is 1. The zero-order valence-electron chi connectivity index (χ0n) is 6.61. The minimum Gasteiger partial charge on any atom is -0.480 e. The van der Waals surface area contributed by atoms with Gasteiger partial charge in [0.2, 0.25) is 0 Å². The van der Waals surface area contributed by atoms with Gasteiger partial charge in [0.05, 0.1) is 0 Å². The van der Waals surface area contributed by atoms with Crippen LogP contribution in [0.4, 0.5) is 5.82 Å². The molecule has 0 aliphatic carbocycles. The number of carboxylic acids is 1. The number of nitrogens with zero attached hydrogens (tertiary/aromatic N) is 1. The number of nitrogens with one attached hydrogen (secondary N) is 1. The minimum atomic E-state index is -0.908. The maximum Gasteiger partial charge on any atom is 0.325 e. The van der Waals surface area contributed by atoms with Gasteiger partial charge in [0, 0.05) is 12.3 Å². The molecule has 0 amide bonds. The van der Waals surface area contributed by atoms with Crippen LogP contribution in [0.2, 0.25) is 0 Å². The van der Waals surface area contributed by atoms with Gasteiger partial charge in [-0.15, -0.1) is 0 Å². The molecule has 4 heteroatoms. The fourth-order valence-electron chi connectivity index (χ4n) is 0.671. The van der Waals surface area contributed by atoms with Crippen molar-refractivity contribution in [1.82, 2.24) is 4.98 Å². The van der Waals surface area contributed by atoms with Crippen molar-refractivity contribution < 1.29 is 9.90 Å². The lowest BCUT2D eigenvalue weighted by Gasteiger charge is -2.07. The second-order valence-corrected chi connectivity index (χ2v) is 2.33. The lowest BCUT2D eigenvalue weighted by molar-refractivity contribution is -0.137. The normalized spacial score (nSPS) is 12.1. The van der Waals surface area contributed by atoms with Crippen LogP contribution in [0.15, 0.2) is 18.3 Å². The van der Waals surface area contributed by atoms with Crippen molar-refractivity contribution in [2.24, 2.45) is 0 Å². The van der Waals surface area contributed by atoms with E-state index in [-0.39, 0.29) is 0 Å². The van der Waals surface area contributed by atoms with Crippen molar-refractivity contribution in [3.05, 3.63) is 24.4 Å². The Morgan fingerprint density at radius 2 is 2.58 bits per heavy atom. The maximum absolute atomic E-state index is 10.4. The van der Waals surface area contributed by atoms with Crippen molar-refractivity contribution in [2.45, 2.75) is 13.0 Å². The van der Waals surface area contributed by atoms with Crippen molar-refractivity contribution in [2.75, 3.05) is 5.32 Å². The molecule has 0 saturated heterocycles. The number of aliphatic carboxylic acids is 1. The molecular formula is C8H9N2O2. The van der Waals surface area contributed by atoms with Gasteiger partial charge < -0.3 is 10.4 Å². The minimum absolute atomic E-state index is 0.451. The number of rotatable bonds is 3. The van der Waals surface area contributed by atoms with Crippen LogP contribution in [0, 0.1) is 6.07 Å². The smallest absolute Gasteiger partial charge is 0.325 e. The summed E-state index contributed by atoms with van der Waals surface area (Å²) < 4.78 is 0. The summed E-state index contributed by atoms with van der Waals surface area (Å²) in [4.78, 5) is 14.3. The molecule has 1 aromatic heterocycles. The van der Waals surface area contributed by atoms with Gasteiger partial charge in [-0.05, 0) is 19.1 Å². The molecule has 1 unspecified atom stereocenters. The number of carbonyl (C=O) groups is 1. The van der Waals surface area contributed by atoms with E-state index in [0.717, 1.165) is 0 Å². The molecule has 1 rings (SSSR count). The van der Waals surface area contributed by atoms with E-state index < -0.39 is 12.0 Å². The summed E-state index contributed by atoms with van der Waals surface area (Å²) in [6.45, 7) is 1.55. The third-order valence-corrected chi connectivity index (χ3v) is 1.33. The average Bonchev–Trinajstić information content (AvgIpc) is 2.06. The predicted octanol–water partition coefficient (Wildman–Crippen LogP) is 0.767. The third kappa shape index (κ3) is 2.23. The molecule has 4 nitrogen and oxygen atoms in total. The second-order valence-electron chi connectivity index (χ2n) is 2.33. The highest BCUT2D eigenvalue weighted by molar-refractivity contribution is 5.76. The van der Waals surface area contributed by atoms with E-state index in [0.29, 0.717) is 5.82 Å². The lowest BCUT2D eigenvalue weighted by atomic mass is 10.3. The Bertz CT molecular complexity index is 261. The Kier molecular flexibility index (Phi) is 2.63. The summed E-state index contributed by atoms with van der Waals surface area (Å²) in [6, 6.07) is 5.52. The molecule has 1 heterocycles. The quantitative estimate of drug-likeness (QED) is 0.694. The Morgan fingerprint density at radius 1 is 1.83 bits per heavy atom. The molecule has 2 N–H and O–H groups in total. The fraction of sp³-hybridized carbons (Fsp3) is 0.250. The van der Waals surface area contributed by atoms with E-state index in [1.807, 2.05) is 0 Å². The van der Waals surface area contributed by atoms with E-state index in [1.54, 1.807) is 25.3 Å². The highest BCUT2D eigenvalue weighted by Gasteiger charge is 2.09. The monoisotopic (exact) mass is 165 g/mol. The van der Waals surface area contributed by atoms with Gasteiger partial charge >= 0.3 is 5.97 Å². The zero-order valence-corrected chi connectivity index (χ0v) is 6.61. The average molecular weight is 165 g/mol. The number of hydrogen-bond acceptors (Lipinski definition) is 3. The molecule has 0 fully saturated rings. The van der Waals surface area contributed by atoms with Crippen LogP contribution < -0.4 is 5.32 Å². The van der Waals surface area contributed by atoms with Crippen LogP contribution >= 0.6 is 0 Å². The van der Waals surface area contributed by atoms with Gasteiger partial charge in [-0.1, -0.05) is 0 Å². The van der Waals surface area contributed by atoms with Crippen LogP contribution in [0.3, 0.4) is 0 Å². The topological polar surface area (TPSA) is 62.2 Å². The Hall–Kier alpha value is -1.58. The van der Waals surface area contributed by atoms with Gasteiger partial charge in [-0.3, -0.25) is 4.79 Å².